The SMILES string of the molecule is NC(=O)OCCOS(=O)(=O)c1ccc([N+](=O)[O-])cc1. The second-order valence-corrected chi connectivity index (χ2v) is 4.81. The highest BCUT2D eigenvalue weighted by Crippen LogP contribution is 2.17. The summed E-state index contributed by atoms with van der Waals surface area (Å²) in [6.45, 7) is -0.718. The number of hydrogen-bond donors (Lipinski definition) is 1. The van der Waals surface area contributed by atoms with Crippen LogP contribution in [0.1, 0.15) is 0 Å². The van der Waals surface area contributed by atoms with Crippen molar-refractivity contribution in [3.8, 4) is 0 Å². The first-order valence-corrected chi connectivity index (χ1v) is 6.30. The lowest BCUT2D eigenvalue weighted by atomic mass is 10.3. The van der Waals surface area contributed by atoms with Gasteiger partial charge in [-0.05, 0) is 12.1 Å². The molecule has 0 radical (unpaired) electrons. The molecule has 0 aliphatic heterocycles. The fourth-order valence-electron chi connectivity index (χ4n) is 1.09. The standard InChI is InChI=1S/C9H10N2O7S/c10-9(12)17-5-6-18-19(15,16)8-3-1-7(2-4-8)11(13)14/h1-4H,5-6H2,(H2,10,12). The van der Waals surface area contributed by atoms with E-state index in [1.165, 1.54) is 0 Å². The lowest BCUT2D eigenvalue weighted by Gasteiger charge is -2.05. The molecule has 0 aromatic heterocycles. The number of carbonyl (C=O) groups is 1. The Bertz CT molecular complexity index is 567. The summed E-state index contributed by atoms with van der Waals surface area (Å²) in [5.74, 6) is 0. The number of primary amides is 1. The van der Waals surface area contributed by atoms with Crippen LogP contribution in [-0.2, 0) is 19.0 Å². The summed E-state index contributed by atoms with van der Waals surface area (Å²) in [6, 6.07) is 4.16. The van der Waals surface area contributed by atoms with Crippen molar-refractivity contribution >= 4 is 21.9 Å². The van der Waals surface area contributed by atoms with Gasteiger partial charge in [0.2, 0.25) is 0 Å². The molecule has 1 amide bonds. The monoisotopic (exact) mass is 290 g/mol. The van der Waals surface area contributed by atoms with Crippen molar-refractivity contribution in [2.45, 2.75) is 4.90 Å². The predicted octanol–water partition coefficient (Wildman–Crippen LogP) is 0.395. The van der Waals surface area contributed by atoms with Gasteiger partial charge in [0, 0.05) is 12.1 Å². The molecule has 1 aromatic rings. The Labute approximate surface area is 108 Å². The van der Waals surface area contributed by atoms with Gasteiger partial charge < -0.3 is 10.5 Å². The molecular formula is C9H10N2O7S. The Kier molecular flexibility index (Phi) is 4.78. The first kappa shape index (κ1) is 14.9. The molecule has 9 nitrogen and oxygen atoms in total. The quantitative estimate of drug-likeness (QED) is 0.346. The van der Waals surface area contributed by atoms with E-state index in [0.717, 1.165) is 24.3 Å². The van der Waals surface area contributed by atoms with Crippen LogP contribution in [0.15, 0.2) is 29.2 Å². The lowest BCUT2D eigenvalue weighted by Crippen LogP contribution is -2.18. The van der Waals surface area contributed by atoms with Crippen molar-refractivity contribution in [2.75, 3.05) is 13.2 Å². The molecule has 1 rings (SSSR count). The van der Waals surface area contributed by atoms with Gasteiger partial charge in [-0.25, -0.2) is 4.79 Å². The molecule has 0 fully saturated rings. The van der Waals surface area contributed by atoms with Gasteiger partial charge in [-0.15, -0.1) is 0 Å². The molecule has 2 N–H and O–H groups in total. The molecule has 0 aliphatic rings. The third-order valence-electron chi connectivity index (χ3n) is 1.90. The molecule has 0 bridgehead atoms. The predicted molar refractivity (Wildman–Crippen MR) is 61.8 cm³/mol. The Morgan fingerprint density at radius 3 is 2.32 bits per heavy atom. The normalized spacial score (nSPS) is 10.9. The molecule has 0 saturated heterocycles. The van der Waals surface area contributed by atoms with E-state index in [9.17, 15) is 23.3 Å². The van der Waals surface area contributed by atoms with Crippen LogP contribution in [0.2, 0.25) is 0 Å². The topological polar surface area (TPSA) is 139 Å². The number of nitrogens with two attached hydrogens (primary N) is 1. The molecule has 0 aliphatic carbocycles. The summed E-state index contributed by atoms with van der Waals surface area (Å²) in [7, 11) is -4.06. The number of carbonyl (C=O) groups excluding carboxylic acids is 1. The van der Waals surface area contributed by atoms with E-state index in [1.54, 1.807) is 0 Å². The number of benzene rings is 1. The Balaban J connectivity index is 2.66. The Hall–Kier alpha value is -2.20. The summed E-state index contributed by atoms with van der Waals surface area (Å²) in [5.41, 5.74) is 4.43. The van der Waals surface area contributed by atoms with Crippen LogP contribution in [0.25, 0.3) is 0 Å². The van der Waals surface area contributed by atoms with Crippen molar-refractivity contribution in [1.29, 1.82) is 0 Å². The number of rotatable bonds is 6. The van der Waals surface area contributed by atoms with Crippen LogP contribution in [0.4, 0.5) is 10.5 Å². The van der Waals surface area contributed by atoms with Gasteiger partial charge in [0.05, 0.1) is 9.82 Å². The number of nitro benzene ring substituents is 1. The molecule has 10 heteroatoms. The van der Waals surface area contributed by atoms with Crippen molar-refractivity contribution in [3.05, 3.63) is 34.4 Å². The average molecular weight is 290 g/mol. The second-order valence-electron chi connectivity index (χ2n) is 3.19. The highest BCUT2D eigenvalue weighted by Gasteiger charge is 2.16. The van der Waals surface area contributed by atoms with E-state index in [0.29, 0.717) is 0 Å². The third kappa shape index (κ3) is 4.52. The smallest absolute Gasteiger partial charge is 0.404 e. The molecule has 0 saturated carbocycles. The fourth-order valence-corrected chi connectivity index (χ4v) is 1.98. The van der Waals surface area contributed by atoms with Crippen LogP contribution >= 0.6 is 0 Å². The molecule has 104 valence electrons. The number of ether oxygens (including phenoxy) is 1. The van der Waals surface area contributed by atoms with Gasteiger partial charge in [-0.2, -0.15) is 8.42 Å². The van der Waals surface area contributed by atoms with E-state index in [-0.39, 0.29) is 17.2 Å². The molecule has 1 aromatic carbocycles. The van der Waals surface area contributed by atoms with Crippen LogP contribution in [0, 0.1) is 10.1 Å². The van der Waals surface area contributed by atoms with Gasteiger partial charge >= 0.3 is 6.09 Å². The average Bonchev–Trinajstić information content (AvgIpc) is 2.34. The second kappa shape index (κ2) is 6.11. The van der Waals surface area contributed by atoms with Gasteiger partial charge in [-0.1, -0.05) is 0 Å². The maximum Gasteiger partial charge on any atom is 0.404 e. The highest BCUT2D eigenvalue weighted by molar-refractivity contribution is 7.86. The highest BCUT2D eigenvalue weighted by atomic mass is 32.2. The Morgan fingerprint density at radius 2 is 1.84 bits per heavy atom. The summed E-state index contributed by atoms with van der Waals surface area (Å²) in [5, 5.41) is 10.4. The number of amides is 1. The summed E-state index contributed by atoms with van der Waals surface area (Å²) < 4.78 is 32.0. The van der Waals surface area contributed by atoms with Crippen molar-refractivity contribution in [3.63, 3.8) is 0 Å². The molecular weight excluding hydrogens is 280 g/mol. The molecule has 0 unspecified atom stereocenters. The van der Waals surface area contributed by atoms with E-state index in [1.807, 2.05) is 0 Å². The minimum absolute atomic E-state index is 0.239. The zero-order chi connectivity index (χ0) is 14.5. The first-order chi connectivity index (χ1) is 8.83. The fraction of sp³-hybridized carbons (Fsp3) is 0.222. The largest absolute Gasteiger partial charge is 0.447 e. The zero-order valence-electron chi connectivity index (χ0n) is 9.51. The van der Waals surface area contributed by atoms with Crippen molar-refractivity contribution in [2.24, 2.45) is 5.73 Å². The zero-order valence-corrected chi connectivity index (χ0v) is 10.3. The maximum atomic E-state index is 11.6. The number of nitro groups is 1. The van der Waals surface area contributed by atoms with E-state index in [2.05, 4.69) is 14.7 Å². The van der Waals surface area contributed by atoms with Crippen LogP contribution in [-0.4, -0.2) is 32.6 Å². The molecule has 19 heavy (non-hydrogen) atoms. The van der Waals surface area contributed by atoms with Gasteiger partial charge in [0.25, 0.3) is 15.8 Å². The number of non-ortho nitro benzene ring substituents is 1. The van der Waals surface area contributed by atoms with Crippen LogP contribution in [0.3, 0.4) is 0 Å². The van der Waals surface area contributed by atoms with Crippen molar-refractivity contribution < 1.29 is 27.1 Å². The number of nitrogens with zero attached hydrogens (tertiary/aromatic N) is 1. The van der Waals surface area contributed by atoms with Gasteiger partial charge in [0.15, 0.2) is 0 Å². The summed E-state index contributed by atoms with van der Waals surface area (Å²) in [6.07, 6.45) is -1.05. The van der Waals surface area contributed by atoms with E-state index >= 15 is 0 Å². The van der Waals surface area contributed by atoms with Gasteiger partial charge in [-0.3, -0.25) is 14.3 Å². The van der Waals surface area contributed by atoms with Crippen molar-refractivity contribution in [1.82, 2.24) is 0 Å². The minimum atomic E-state index is -4.06. The summed E-state index contributed by atoms with van der Waals surface area (Å²) in [4.78, 5) is 19.7. The van der Waals surface area contributed by atoms with Gasteiger partial charge in [0.1, 0.15) is 13.2 Å². The third-order valence-corrected chi connectivity index (χ3v) is 3.23. The first-order valence-electron chi connectivity index (χ1n) is 4.89. The number of hydrogen-bond acceptors (Lipinski definition) is 7. The maximum absolute atomic E-state index is 11.6. The molecule has 0 spiro atoms. The minimum Gasteiger partial charge on any atom is -0.447 e. The molecule has 0 atom stereocenters. The Morgan fingerprint density at radius 1 is 1.26 bits per heavy atom. The van der Waals surface area contributed by atoms with E-state index < -0.39 is 27.7 Å². The van der Waals surface area contributed by atoms with Crippen LogP contribution in [0.5, 0.6) is 0 Å². The van der Waals surface area contributed by atoms with E-state index in [4.69, 9.17) is 0 Å². The molecule has 0 heterocycles. The lowest BCUT2D eigenvalue weighted by molar-refractivity contribution is -0.384. The van der Waals surface area contributed by atoms with Crippen LogP contribution < -0.4 is 5.73 Å². The summed E-state index contributed by atoms with van der Waals surface area (Å²) >= 11 is 0.